The number of benzene rings is 1. The number of rotatable bonds is 2. The Morgan fingerprint density at radius 2 is 2.41 bits per heavy atom. The van der Waals surface area contributed by atoms with Crippen molar-refractivity contribution in [2.24, 2.45) is 0 Å². The van der Waals surface area contributed by atoms with Crippen LogP contribution in [0.25, 0.3) is 0 Å². The minimum Gasteiger partial charge on any atom is -0.480 e. The van der Waals surface area contributed by atoms with Crippen LogP contribution in [-0.4, -0.2) is 30.2 Å². The van der Waals surface area contributed by atoms with Crippen molar-refractivity contribution in [2.75, 3.05) is 23.3 Å². The van der Waals surface area contributed by atoms with Gasteiger partial charge < -0.3 is 15.3 Å². The van der Waals surface area contributed by atoms with Crippen molar-refractivity contribution in [3.8, 4) is 6.07 Å². The van der Waals surface area contributed by atoms with E-state index >= 15 is 0 Å². The summed E-state index contributed by atoms with van der Waals surface area (Å²) in [5.74, 6) is -0.861. The molecule has 1 aliphatic heterocycles. The highest BCUT2D eigenvalue weighted by atomic mass is 16.4. The van der Waals surface area contributed by atoms with Crippen LogP contribution in [0.3, 0.4) is 0 Å². The summed E-state index contributed by atoms with van der Waals surface area (Å²) in [6.45, 7) is 2.97. The topological polar surface area (TPSA) is 76.4 Å². The molecule has 2 N–H and O–H groups in total. The number of anilines is 2. The molecular formula is C12H13N3O2. The third-order valence-electron chi connectivity index (χ3n) is 2.93. The van der Waals surface area contributed by atoms with E-state index in [1.165, 1.54) is 0 Å². The summed E-state index contributed by atoms with van der Waals surface area (Å²) >= 11 is 0. The number of fused-ring (bicyclic) bond motifs is 1. The van der Waals surface area contributed by atoms with Gasteiger partial charge >= 0.3 is 5.97 Å². The molecule has 1 unspecified atom stereocenters. The van der Waals surface area contributed by atoms with Crippen molar-refractivity contribution in [1.29, 1.82) is 5.26 Å². The summed E-state index contributed by atoms with van der Waals surface area (Å²) in [6, 6.07) is 6.73. The highest BCUT2D eigenvalue weighted by Crippen LogP contribution is 2.31. The lowest BCUT2D eigenvalue weighted by atomic mass is 10.1. The molecule has 2 rings (SSSR count). The summed E-state index contributed by atoms with van der Waals surface area (Å²) in [5.41, 5.74) is 2.20. The molecule has 0 saturated heterocycles. The van der Waals surface area contributed by atoms with E-state index in [1.807, 2.05) is 6.07 Å². The maximum atomic E-state index is 11.0. The molecule has 5 heteroatoms. The van der Waals surface area contributed by atoms with Gasteiger partial charge in [-0.15, -0.1) is 0 Å². The maximum Gasteiger partial charge on any atom is 0.326 e. The Morgan fingerprint density at radius 3 is 3.06 bits per heavy atom. The molecule has 0 amide bonds. The molecule has 0 spiro atoms. The van der Waals surface area contributed by atoms with Crippen LogP contribution in [0.15, 0.2) is 18.2 Å². The van der Waals surface area contributed by atoms with E-state index in [-0.39, 0.29) is 0 Å². The molecule has 1 aliphatic rings. The van der Waals surface area contributed by atoms with Crippen molar-refractivity contribution in [3.63, 3.8) is 0 Å². The van der Waals surface area contributed by atoms with E-state index in [0.717, 1.165) is 11.4 Å². The zero-order valence-corrected chi connectivity index (χ0v) is 9.47. The third-order valence-corrected chi connectivity index (χ3v) is 2.93. The number of carboxylic acid groups (broad SMARTS) is 1. The molecule has 0 saturated carbocycles. The maximum absolute atomic E-state index is 11.0. The van der Waals surface area contributed by atoms with Gasteiger partial charge in [0, 0.05) is 13.1 Å². The lowest BCUT2D eigenvalue weighted by Gasteiger charge is -2.34. The van der Waals surface area contributed by atoms with Gasteiger partial charge in [0.05, 0.1) is 23.0 Å². The van der Waals surface area contributed by atoms with Crippen molar-refractivity contribution >= 4 is 17.3 Å². The minimum absolute atomic E-state index is 0.537. The number of nitrogens with one attached hydrogen (secondary N) is 1. The predicted octanol–water partition coefficient (Wildman–Crippen LogP) is 1.26. The van der Waals surface area contributed by atoms with E-state index in [4.69, 9.17) is 10.4 Å². The van der Waals surface area contributed by atoms with E-state index in [9.17, 15) is 4.79 Å². The molecule has 1 heterocycles. The first-order valence-electron chi connectivity index (χ1n) is 5.41. The molecule has 88 valence electrons. The van der Waals surface area contributed by atoms with Crippen LogP contribution >= 0.6 is 0 Å². The normalized spacial score (nSPS) is 15.4. The summed E-state index contributed by atoms with van der Waals surface area (Å²) < 4.78 is 0. The van der Waals surface area contributed by atoms with Gasteiger partial charge in [0.25, 0.3) is 0 Å². The Bertz CT molecular complexity index is 493. The second-order valence-corrected chi connectivity index (χ2v) is 3.98. The van der Waals surface area contributed by atoms with Crippen LogP contribution in [0, 0.1) is 11.3 Å². The van der Waals surface area contributed by atoms with Crippen LogP contribution in [0.4, 0.5) is 11.4 Å². The first-order valence-corrected chi connectivity index (χ1v) is 5.41. The highest BCUT2D eigenvalue weighted by molar-refractivity contribution is 5.82. The van der Waals surface area contributed by atoms with Crippen LogP contribution in [-0.2, 0) is 4.79 Å². The van der Waals surface area contributed by atoms with Crippen molar-refractivity contribution in [1.82, 2.24) is 0 Å². The minimum atomic E-state index is -0.861. The number of hydrogen-bond acceptors (Lipinski definition) is 4. The molecule has 0 aliphatic carbocycles. The fourth-order valence-electron chi connectivity index (χ4n) is 1.96. The monoisotopic (exact) mass is 231 g/mol. The molecular weight excluding hydrogens is 218 g/mol. The fraction of sp³-hybridized carbons (Fsp3) is 0.333. The van der Waals surface area contributed by atoms with Gasteiger partial charge in [-0.25, -0.2) is 4.79 Å². The van der Waals surface area contributed by atoms with Gasteiger partial charge in [-0.2, -0.15) is 5.26 Å². The van der Waals surface area contributed by atoms with Crippen LogP contribution < -0.4 is 10.2 Å². The van der Waals surface area contributed by atoms with E-state index in [1.54, 1.807) is 24.0 Å². The van der Waals surface area contributed by atoms with Gasteiger partial charge in [-0.05, 0) is 25.1 Å². The number of carbonyl (C=O) groups is 1. The van der Waals surface area contributed by atoms with E-state index in [2.05, 4.69) is 11.4 Å². The molecule has 1 aromatic rings. The Hall–Kier alpha value is -2.22. The molecule has 17 heavy (non-hydrogen) atoms. The second-order valence-electron chi connectivity index (χ2n) is 3.98. The third kappa shape index (κ3) is 2.02. The summed E-state index contributed by atoms with van der Waals surface area (Å²) in [7, 11) is 0. The Morgan fingerprint density at radius 1 is 1.65 bits per heavy atom. The van der Waals surface area contributed by atoms with Gasteiger partial charge in [-0.3, -0.25) is 0 Å². The molecule has 0 aromatic heterocycles. The molecule has 1 atom stereocenters. The SMILES string of the molecule is CC(C(=O)O)N1CCNc2ccc(C#N)cc21. The van der Waals surface area contributed by atoms with Crippen molar-refractivity contribution in [3.05, 3.63) is 23.8 Å². The van der Waals surface area contributed by atoms with Gasteiger partial charge in [0.15, 0.2) is 0 Å². The number of nitriles is 1. The van der Waals surface area contributed by atoms with Gasteiger partial charge in [-0.1, -0.05) is 0 Å². The summed E-state index contributed by atoms with van der Waals surface area (Å²) in [6.07, 6.45) is 0. The van der Waals surface area contributed by atoms with E-state index < -0.39 is 12.0 Å². The Kier molecular flexibility index (Phi) is 2.88. The number of aliphatic carboxylic acids is 1. The standard InChI is InChI=1S/C12H13N3O2/c1-8(12(16)17)15-5-4-14-10-3-2-9(7-13)6-11(10)15/h2-3,6,8,14H,4-5H2,1H3,(H,16,17). The van der Waals surface area contributed by atoms with Crippen molar-refractivity contribution < 1.29 is 9.90 Å². The fourth-order valence-corrected chi connectivity index (χ4v) is 1.96. The number of nitrogens with zero attached hydrogens (tertiary/aromatic N) is 2. The lowest BCUT2D eigenvalue weighted by molar-refractivity contribution is -0.138. The Balaban J connectivity index is 2.42. The molecule has 0 fully saturated rings. The Labute approximate surface area is 99.3 Å². The second kappa shape index (κ2) is 4.34. The van der Waals surface area contributed by atoms with Crippen molar-refractivity contribution in [2.45, 2.75) is 13.0 Å². The van der Waals surface area contributed by atoms with Crippen LogP contribution in [0.1, 0.15) is 12.5 Å². The average molecular weight is 231 g/mol. The summed E-state index contributed by atoms with van der Waals surface area (Å²) in [4.78, 5) is 12.8. The number of hydrogen-bond donors (Lipinski definition) is 2. The molecule has 0 radical (unpaired) electrons. The van der Waals surface area contributed by atoms with E-state index in [0.29, 0.717) is 18.7 Å². The molecule has 5 nitrogen and oxygen atoms in total. The first kappa shape index (κ1) is 11.3. The zero-order valence-electron chi connectivity index (χ0n) is 9.47. The average Bonchev–Trinajstić information content (AvgIpc) is 2.36. The smallest absolute Gasteiger partial charge is 0.326 e. The predicted molar refractivity (Wildman–Crippen MR) is 64.1 cm³/mol. The first-order chi connectivity index (χ1) is 8.13. The van der Waals surface area contributed by atoms with Crippen LogP contribution in [0.5, 0.6) is 0 Å². The molecule has 0 bridgehead atoms. The quantitative estimate of drug-likeness (QED) is 0.801. The van der Waals surface area contributed by atoms with Gasteiger partial charge in [0.1, 0.15) is 6.04 Å². The lowest BCUT2D eigenvalue weighted by Crippen LogP contribution is -2.44. The largest absolute Gasteiger partial charge is 0.480 e. The zero-order chi connectivity index (χ0) is 12.4. The summed E-state index contributed by atoms with van der Waals surface area (Å²) in [5, 5.41) is 21.1. The molecule has 1 aromatic carbocycles. The highest BCUT2D eigenvalue weighted by Gasteiger charge is 2.25. The van der Waals surface area contributed by atoms with Gasteiger partial charge in [0.2, 0.25) is 0 Å². The van der Waals surface area contributed by atoms with Crippen LogP contribution in [0.2, 0.25) is 0 Å². The number of carboxylic acids is 1.